The van der Waals surface area contributed by atoms with E-state index in [1.165, 1.54) is 18.1 Å². The van der Waals surface area contributed by atoms with Crippen LogP contribution in [-0.2, 0) is 24.3 Å². The third-order valence-corrected chi connectivity index (χ3v) is 5.54. The molecular weight excluding hydrogens is 394 g/mol. The third-order valence-electron chi connectivity index (χ3n) is 5.54. The van der Waals surface area contributed by atoms with E-state index in [1.807, 2.05) is 30.3 Å². The molecule has 0 unspecified atom stereocenters. The van der Waals surface area contributed by atoms with Crippen molar-refractivity contribution in [3.63, 3.8) is 0 Å². The highest BCUT2D eigenvalue weighted by atomic mass is 16.5. The Labute approximate surface area is 178 Å². The fraction of sp³-hybridized carbons (Fsp3) is 0.273. The topological polar surface area (TPSA) is 111 Å². The number of amides is 1. The molecule has 3 N–H and O–H groups in total. The van der Waals surface area contributed by atoms with Gasteiger partial charge in [0.05, 0.1) is 13.7 Å². The molecule has 0 aliphatic carbocycles. The van der Waals surface area contributed by atoms with Gasteiger partial charge in [0.1, 0.15) is 11.3 Å². The van der Waals surface area contributed by atoms with Crippen molar-refractivity contribution in [3.8, 4) is 5.75 Å². The average molecular weight is 417 g/mol. The molecule has 2 aromatic heterocycles. The second-order valence-electron chi connectivity index (χ2n) is 7.72. The lowest BCUT2D eigenvalue weighted by Crippen LogP contribution is -2.30. The Kier molecular flexibility index (Phi) is 4.67. The number of ether oxygens (including phenoxy) is 1. The highest BCUT2D eigenvalue weighted by molar-refractivity contribution is 5.95. The number of hydrogen-bond acceptors (Lipinski definition) is 7. The second kappa shape index (κ2) is 7.51. The summed E-state index contributed by atoms with van der Waals surface area (Å²) in [7, 11) is 1.61. The van der Waals surface area contributed by atoms with Crippen molar-refractivity contribution in [2.45, 2.75) is 26.4 Å². The zero-order valence-corrected chi connectivity index (χ0v) is 17.4. The number of benzene rings is 2. The number of hydrogen-bond donors (Lipinski definition) is 2. The van der Waals surface area contributed by atoms with Gasteiger partial charge in [-0.05, 0) is 41.8 Å². The molecule has 2 aromatic carbocycles. The van der Waals surface area contributed by atoms with E-state index in [0.717, 1.165) is 30.6 Å². The van der Waals surface area contributed by atoms with Gasteiger partial charge in [0.25, 0.3) is 0 Å². The Bertz CT molecular complexity index is 1310. The second-order valence-corrected chi connectivity index (χ2v) is 7.72. The largest absolute Gasteiger partial charge is 0.494 e. The van der Waals surface area contributed by atoms with Crippen LogP contribution in [0.5, 0.6) is 5.75 Å². The van der Waals surface area contributed by atoms with E-state index in [1.54, 1.807) is 11.6 Å². The van der Waals surface area contributed by atoms with Crippen molar-refractivity contribution >= 4 is 34.1 Å². The number of nitrogens with two attached hydrogens (primary N) is 1. The van der Waals surface area contributed by atoms with Crippen molar-refractivity contribution < 1.29 is 9.53 Å². The number of carbonyl (C=O) groups is 1. The minimum Gasteiger partial charge on any atom is -0.494 e. The van der Waals surface area contributed by atoms with Gasteiger partial charge >= 0.3 is 0 Å². The maximum Gasteiger partial charge on any atom is 0.223 e. The van der Waals surface area contributed by atoms with Crippen molar-refractivity contribution in [2.24, 2.45) is 0 Å². The summed E-state index contributed by atoms with van der Waals surface area (Å²) in [6.45, 7) is 3.78. The Hall–Kier alpha value is -3.72. The van der Waals surface area contributed by atoms with Gasteiger partial charge in [0.2, 0.25) is 11.9 Å². The summed E-state index contributed by atoms with van der Waals surface area (Å²) in [6, 6.07) is 11.8. The number of nitrogens with one attached hydrogen (secondary N) is 1. The van der Waals surface area contributed by atoms with Gasteiger partial charge < -0.3 is 15.8 Å². The summed E-state index contributed by atoms with van der Waals surface area (Å²) < 4.78 is 7.00. The van der Waals surface area contributed by atoms with Gasteiger partial charge in [0.15, 0.2) is 11.5 Å². The minimum absolute atomic E-state index is 0.0726. The Morgan fingerprint density at radius 2 is 2.10 bits per heavy atom. The maximum absolute atomic E-state index is 11.4. The van der Waals surface area contributed by atoms with E-state index < -0.39 is 0 Å². The number of anilines is 2. The molecule has 1 aliphatic heterocycles. The molecule has 3 heterocycles. The number of carbonyl (C=O) groups excluding carboxylic acids is 1. The molecule has 1 aliphatic rings. The molecule has 0 saturated heterocycles. The molecule has 0 radical (unpaired) electrons. The summed E-state index contributed by atoms with van der Waals surface area (Å²) in [5.74, 6) is 1.54. The van der Waals surface area contributed by atoms with Crippen LogP contribution in [0, 0.1) is 0 Å². The van der Waals surface area contributed by atoms with Crippen LogP contribution in [-0.4, -0.2) is 44.0 Å². The lowest BCUT2D eigenvalue weighted by Gasteiger charge is -2.28. The molecule has 158 valence electrons. The first-order valence-electron chi connectivity index (χ1n) is 10.1. The zero-order chi connectivity index (χ0) is 21.5. The van der Waals surface area contributed by atoms with Gasteiger partial charge in [-0.25, -0.2) is 9.97 Å². The van der Waals surface area contributed by atoms with Crippen LogP contribution >= 0.6 is 0 Å². The van der Waals surface area contributed by atoms with Crippen LogP contribution in [0.25, 0.3) is 16.6 Å². The predicted octanol–water partition coefficient (Wildman–Crippen LogP) is 2.39. The van der Waals surface area contributed by atoms with Gasteiger partial charge in [-0.15, -0.1) is 5.10 Å². The first-order chi connectivity index (χ1) is 15.0. The van der Waals surface area contributed by atoms with Gasteiger partial charge in [-0.3, -0.25) is 9.69 Å². The lowest BCUT2D eigenvalue weighted by atomic mass is 9.99. The molecule has 0 bridgehead atoms. The highest BCUT2D eigenvalue weighted by Gasteiger charge is 2.20. The maximum atomic E-state index is 11.4. The van der Waals surface area contributed by atoms with E-state index in [2.05, 4.69) is 26.4 Å². The standard InChI is InChI=1S/C22H23N7O2/c1-13(30)24-16-7-6-14-8-9-28(11-15(14)10-16)12-19-25-21-17-4-3-5-18(31-2)20(17)26-22(23)29(21)27-19/h3-7,10H,8-9,11-12H2,1-2H3,(H2,23,26)(H,24,30). The van der Waals surface area contributed by atoms with Gasteiger partial charge in [0, 0.05) is 31.1 Å². The van der Waals surface area contributed by atoms with Crippen molar-refractivity contribution in [3.05, 3.63) is 53.3 Å². The molecule has 5 rings (SSSR count). The SMILES string of the molecule is COc1cccc2c1nc(N)n1nc(CN3CCc4ccc(NC(C)=O)cc4C3)nc21. The third kappa shape index (κ3) is 3.53. The van der Waals surface area contributed by atoms with Gasteiger partial charge in [-0.2, -0.15) is 4.52 Å². The lowest BCUT2D eigenvalue weighted by molar-refractivity contribution is -0.114. The number of nitrogen functional groups attached to an aromatic ring is 1. The summed E-state index contributed by atoms with van der Waals surface area (Å²) in [4.78, 5) is 22.9. The Morgan fingerprint density at radius 3 is 2.90 bits per heavy atom. The Morgan fingerprint density at radius 1 is 1.23 bits per heavy atom. The molecule has 0 atom stereocenters. The average Bonchev–Trinajstić information content (AvgIpc) is 3.17. The number of para-hydroxylation sites is 1. The Balaban J connectivity index is 1.44. The van der Waals surface area contributed by atoms with E-state index in [4.69, 9.17) is 15.5 Å². The van der Waals surface area contributed by atoms with Crippen molar-refractivity contribution in [1.29, 1.82) is 0 Å². The fourth-order valence-electron chi connectivity index (χ4n) is 4.13. The molecule has 9 heteroatoms. The van der Waals surface area contributed by atoms with Gasteiger partial charge in [-0.1, -0.05) is 12.1 Å². The molecule has 31 heavy (non-hydrogen) atoms. The number of fused-ring (bicyclic) bond motifs is 4. The first-order valence-corrected chi connectivity index (χ1v) is 10.1. The van der Waals surface area contributed by atoms with E-state index >= 15 is 0 Å². The van der Waals surface area contributed by atoms with Crippen LogP contribution in [0.4, 0.5) is 11.6 Å². The molecule has 0 saturated carbocycles. The van der Waals surface area contributed by atoms with Crippen LogP contribution in [0.1, 0.15) is 23.9 Å². The number of rotatable bonds is 4. The van der Waals surface area contributed by atoms with Crippen LogP contribution in [0.15, 0.2) is 36.4 Å². The van der Waals surface area contributed by atoms with Crippen LogP contribution < -0.4 is 15.8 Å². The zero-order valence-electron chi connectivity index (χ0n) is 17.4. The molecular formula is C22H23N7O2. The van der Waals surface area contributed by atoms with E-state index in [-0.39, 0.29) is 11.9 Å². The summed E-state index contributed by atoms with van der Waals surface area (Å²) >= 11 is 0. The number of aromatic nitrogens is 4. The van der Waals surface area contributed by atoms with Crippen molar-refractivity contribution in [2.75, 3.05) is 24.7 Å². The first kappa shape index (κ1) is 19.3. The highest BCUT2D eigenvalue weighted by Crippen LogP contribution is 2.28. The quantitative estimate of drug-likeness (QED) is 0.524. The number of methoxy groups -OCH3 is 1. The van der Waals surface area contributed by atoms with Crippen molar-refractivity contribution in [1.82, 2.24) is 24.5 Å². The van der Waals surface area contributed by atoms with E-state index in [9.17, 15) is 4.79 Å². The summed E-state index contributed by atoms with van der Waals surface area (Å²) in [6.07, 6.45) is 0.937. The predicted molar refractivity (Wildman–Crippen MR) is 118 cm³/mol. The summed E-state index contributed by atoms with van der Waals surface area (Å²) in [5, 5.41) is 8.30. The molecule has 0 spiro atoms. The normalized spacial score (nSPS) is 14.0. The molecule has 1 amide bonds. The van der Waals surface area contributed by atoms with E-state index in [0.29, 0.717) is 29.3 Å². The molecule has 0 fully saturated rings. The smallest absolute Gasteiger partial charge is 0.223 e. The molecule has 9 nitrogen and oxygen atoms in total. The monoisotopic (exact) mass is 417 g/mol. The summed E-state index contributed by atoms with van der Waals surface area (Å²) in [5.41, 5.74) is 10.8. The minimum atomic E-state index is -0.0726. The number of nitrogens with zero attached hydrogens (tertiary/aromatic N) is 5. The van der Waals surface area contributed by atoms with Crippen LogP contribution in [0.2, 0.25) is 0 Å². The molecule has 4 aromatic rings. The van der Waals surface area contributed by atoms with Crippen LogP contribution in [0.3, 0.4) is 0 Å². The fourth-order valence-corrected chi connectivity index (χ4v) is 4.13.